The Balaban J connectivity index is 1.73. The Morgan fingerprint density at radius 3 is 2.31 bits per heavy atom. The summed E-state index contributed by atoms with van der Waals surface area (Å²) in [6.07, 6.45) is 0.514. The highest BCUT2D eigenvalue weighted by atomic mass is 35.5. The Morgan fingerprint density at radius 1 is 0.914 bits per heavy atom. The Hall–Kier alpha value is -2.80. The number of aromatic nitrogens is 3. The number of thioether (sulfide) groups is 1. The van der Waals surface area contributed by atoms with Crippen molar-refractivity contribution in [1.29, 1.82) is 0 Å². The molecule has 4 aromatic rings. The van der Waals surface area contributed by atoms with Crippen molar-refractivity contribution in [3.63, 3.8) is 0 Å². The molecular formula is C27H26Cl2N4OS. The number of benzene rings is 3. The lowest BCUT2D eigenvalue weighted by Crippen LogP contribution is -2.35. The second-order valence-electron chi connectivity index (χ2n) is 8.34. The van der Waals surface area contributed by atoms with Crippen LogP contribution in [0.4, 0.5) is 0 Å². The van der Waals surface area contributed by atoms with Crippen LogP contribution in [0.15, 0.2) is 84.0 Å². The van der Waals surface area contributed by atoms with Crippen molar-refractivity contribution in [3.05, 3.63) is 107 Å². The third-order valence-corrected chi connectivity index (χ3v) is 6.91. The highest BCUT2D eigenvalue weighted by Gasteiger charge is 2.26. The van der Waals surface area contributed by atoms with Crippen LogP contribution in [0.3, 0.4) is 0 Å². The molecule has 3 aromatic carbocycles. The van der Waals surface area contributed by atoms with E-state index in [1.165, 1.54) is 11.1 Å². The first-order chi connectivity index (χ1) is 16.9. The second-order valence-corrected chi connectivity index (χ2v) is 10.4. The lowest BCUT2D eigenvalue weighted by atomic mass is 10.0. The molecule has 180 valence electrons. The topological polar surface area (TPSA) is 59.8 Å². The van der Waals surface area contributed by atoms with Crippen molar-refractivity contribution in [2.45, 2.75) is 42.1 Å². The first kappa shape index (κ1) is 25.3. The molecule has 4 rings (SSSR count). The van der Waals surface area contributed by atoms with Gasteiger partial charge in [0, 0.05) is 11.4 Å². The molecule has 1 amide bonds. The van der Waals surface area contributed by atoms with Crippen LogP contribution in [-0.2, 0) is 17.0 Å². The Morgan fingerprint density at radius 2 is 1.63 bits per heavy atom. The molecule has 0 fully saturated rings. The molecule has 1 atom stereocenters. The molecule has 0 radical (unpaired) electrons. The van der Waals surface area contributed by atoms with E-state index in [1.54, 1.807) is 11.8 Å². The van der Waals surface area contributed by atoms with E-state index >= 15 is 0 Å². The predicted molar refractivity (Wildman–Crippen MR) is 143 cm³/mol. The van der Waals surface area contributed by atoms with Gasteiger partial charge in [0.2, 0.25) is 0 Å². The van der Waals surface area contributed by atoms with Crippen LogP contribution in [0.5, 0.6) is 0 Å². The summed E-state index contributed by atoms with van der Waals surface area (Å²) in [4.78, 5) is 11.3. The lowest BCUT2D eigenvalue weighted by molar-refractivity contribution is -0.120. The Bertz CT molecular complexity index is 1280. The van der Waals surface area contributed by atoms with Crippen LogP contribution in [0.25, 0.3) is 5.69 Å². The van der Waals surface area contributed by atoms with Crippen molar-refractivity contribution >= 4 is 40.9 Å². The van der Waals surface area contributed by atoms with Crippen molar-refractivity contribution in [3.8, 4) is 5.69 Å². The van der Waals surface area contributed by atoms with Crippen molar-refractivity contribution in [2.24, 2.45) is 0 Å². The highest BCUT2D eigenvalue weighted by molar-refractivity contribution is 7.98. The van der Waals surface area contributed by atoms with Gasteiger partial charge in [-0.2, -0.15) is 0 Å². The molecule has 5 nitrogen and oxygen atoms in total. The van der Waals surface area contributed by atoms with E-state index in [9.17, 15) is 4.79 Å². The minimum atomic E-state index is -1.18. The summed E-state index contributed by atoms with van der Waals surface area (Å²) in [5.41, 5.74) is 5.54. The van der Waals surface area contributed by atoms with E-state index < -0.39 is 16.8 Å². The molecule has 8 heteroatoms. The summed E-state index contributed by atoms with van der Waals surface area (Å²) < 4.78 is 2.01. The Kier molecular flexibility index (Phi) is 8.50. The molecule has 1 N–H and O–H groups in total. The minimum Gasteiger partial charge on any atom is -0.343 e. The van der Waals surface area contributed by atoms with E-state index in [0.717, 1.165) is 27.7 Å². The molecule has 0 saturated carbocycles. The monoisotopic (exact) mass is 524 g/mol. The summed E-state index contributed by atoms with van der Waals surface area (Å²) in [6, 6.07) is 26.0. The summed E-state index contributed by atoms with van der Waals surface area (Å²) in [6.45, 7) is 4.13. The molecule has 0 saturated heterocycles. The van der Waals surface area contributed by atoms with Crippen molar-refractivity contribution in [2.75, 3.05) is 0 Å². The molecule has 35 heavy (non-hydrogen) atoms. The summed E-state index contributed by atoms with van der Waals surface area (Å²) >= 11 is 13.4. The lowest BCUT2D eigenvalue weighted by Gasteiger charge is -2.20. The SMILES string of the molecule is Cc1ccc(-n2c(SCc3cccc(C)c3)nnc2C(Cc2ccccc2)NC(=O)C(Cl)Cl)cc1. The van der Waals surface area contributed by atoms with E-state index in [-0.39, 0.29) is 0 Å². The maximum atomic E-state index is 12.5. The summed E-state index contributed by atoms with van der Waals surface area (Å²) in [5.74, 6) is 0.890. The average Bonchev–Trinajstić information content (AvgIpc) is 3.27. The minimum absolute atomic E-state index is 0.471. The van der Waals surface area contributed by atoms with Crippen molar-refractivity contribution in [1.82, 2.24) is 20.1 Å². The Labute approximate surface area is 219 Å². The molecule has 1 unspecified atom stereocenters. The quantitative estimate of drug-likeness (QED) is 0.204. The second kappa shape index (κ2) is 11.8. The maximum Gasteiger partial charge on any atom is 0.253 e. The number of aryl methyl sites for hydroxylation is 2. The maximum absolute atomic E-state index is 12.5. The van der Waals surface area contributed by atoms with Crippen LogP contribution in [-0.4, -0.2) is 25.5 Å². The van der Waals surface area contributed by atoms with Gasteiger partial charge in [-0.1, -0.05) is 113 Å². The van der Waals surface area contributed by atoms with Crippen LogP contribution in [0.2, 0.25) is 0 Å². The first-order valence-corrected chi connectivity index (χ1v) is 13.1. The van der Waals surface area contributed by atoms with E-state index in [0.29, 0.717) is 12.2 Å². The van der Waals surface area contributed by atoms with Crippen LogP contribution in [0.1, 0.15) is 34.1 Å². The number of hydrogen-bond acceptors (Lipinski definition) is 4. The van der Waals surface area contributed by atoms with Gasteiger partial charge < -0.3 is 5.32 Å². The molecular weight excluding hydrogens is 499 g/mol. The molecule has 0 spiro atoms. The standard InChI is InChI=1S/C27H26Cl2N4OS/c1-18-11-13-22(14-12-18)33-25(31-32-27(33)35-17-21-10-6-7-19(2)15-21)23(30-26(34)24(28)29)16-20-8-4-3-5-9-20/h3-15,23-24H,16-17H2,1-2H3,(H,30,34). The van der Waals surface area contributed by atoms with Gasteiger partial charge in [-0.05, 0) is 43.5 Å². The molecule has 0 aliphatic rings. The van der Waals surface area contributed by atoms with E-state index in [1.807, 2.05) is 66.1 Å². The van der Waals surface area contributed by atoms with Crippen LogP contribution in [0, 0.1) is 13.8 Å². The average molecular weight is 526 g/mol. The number of halogens is 2. The first-order valence-electron chi connectivity index (χ1n) is 11.2. The number of alkyl halides is 2. The van der Waals surface area contributed by atoms with Gasteiger partial charge in [-0.3, -0.25) is 9.36 Å². The molecule has 0 aliphatic carbocycles. The molecule has 1 heterocycles. The van der Waals surface area contributed by atoms with Gasteiger partial charge >= 0.3 is 0 Å². The highest BCUT2D eigenvalue weighted by Crippen LogP contribution is 2.29. The van der Waals surface area contributed by atoms with Gasteiger partial charge in [-0.15, -0.1) is 10.2 Å². The number of nitrogens with zero attached hydrogens (tertiary/aromatic N) is 3. The third kappa shape index (κ3) is 6.66. The molecule has 0 bridgehead atoms. The predicted octanol–water partition coefficient (Wildman–Crippen LogP) is 6.38. The van der Waals surface area contributed by atoms with Crippen LogP contribution >= 0.6 is 35.0 Å². The number of rotatable bonds is 9. The number of hydrogen-bond donors (Lipinski definition) is 1. The number of nitrogens with one attached hydrogen (secondary N) is 1. The van der Waals surface area contributed by atoms with Crippen molar-refractivity contribution < 1.29 is 4.79 Å². The smallest absolute Gasteiger partial charge is 0.253 e. The fraction of sp³-hybridized carbons (Fsp3) is 0.222. The number of carbonyl (C=O) groups excluding carboxylic acids is 1. The largest absolute Gasteiger partial charge is 0.343 e. The summed E-state index contributed by atoms with van der Waals surface area (Å²) in [7, 11) is 0. The normalized spacial score (nSPS) is 12.0. The van der Waals surface area contributed by atoms with E-state index in [4.69, 9.17) is 23.2 Å². The summed E-state index contributed by atoms with van der Waals surface area (Å²) in [5, 5.41) is 12.8. The fourth-order valence-corrected chi connectivity index (χ4v) is 4.81. The molecule has 1 aromatic heterocycles. The van der Waals surface area contributed by atoms with Gasteiger partial charge in [0.15, 0.2) is 15.8 Å². The van der Waals surface area contributed by atoms with E-state index in [2.05, 4.69) is 46.7 Å². The molecule has 0 aliphatic heterocycles. The zero-order valence-electron chi connectivity index (χ0n) is 19.5. The number of carbonyl (C=O) groups is 1. The van der Waals surface area contributed by atoms with Gasteiger partial charge in [-0.25, -0.2) is 0 Å². The third-order valence-electron chi connectivity index (χ3n) is 5.51. The van der Waals surface area contributed by atoms with Gasteiger partial charge in [0.1, 0.15) is 0 Å². The van der Waals surface area contributed by atoms with Gasteiger partial charge in [0.25, 0.3) is 5.91 Å². The zero-order chi connectivity index (χ0) is 24.8. The number of amides is 1. The van der Waals surface area contributed by atoms with Gasteiger partial charge in [0.05, 0.1) is 6.04 Å². The van der Waals surface area contributed by atoms with Crippen LogP contribution < -0.4 is 5.32 Å². The fourth-order valence-electron chi connectivity index (χ4n) is 3.78. The zero-order valence-corrected chi connectivity index (χ0v) is 21.8.